The van der Waals surface area contributed by atoms with Gasteiger partial charge in [-0.05, 0) is 18.6 Å². The van der Waals surface area contributed by atoms with Crippen LogP contribution in [0.4, 0.5) is 0 Å². The number of benzene rings is 1. The molecule has 2 aliphatic heterocycles. The number of hydrogen-bond donors (Lipinski definition) is 1. The first-order chi connectivity index (χ1) is 13.7. The van der Waals surface area contributed by atoms with Crippen molar-refractivity contribution in [3.8, 4) is 0 Å². The fourth-order valence-electron chi connectivity index (χ4n) is 4.10. The van der Waals surface area contributed by atoms with Crippen molar-refractivity contribution in [2.45, 2.75) is 25.4 Å². The van der Waals surface area contributed by atoms with Gasteiger partial charge in [-0.1, -0.05) is 12.1 Å². The lowest BCUT2D eigenvalue weighted by atomic mass is 10.1. The van der Waals surface area contributed by atoms with Crippen LogP contribution in [0.5, 0.6) is 0 Å². The van der Waals surface area contributed by atoms with Crippen LogP contribution in [0, 0.1) is 5.92 Å². The second-order valence-corrected chi connectivity index (χ2v) is 9.96. The number of sulfone groups is 1. The van der Waals surface area contributed by atoms with Gasteiger partial charge >= 0.3 is 0 Å². The van der Waals surface area contributed by atoms with E-state index in [1.165, 1.54) is 9.80 Å². The zero-order chi connectivity index (χ0) is 20.8. The van der Waals surface area contributed by atoms with Gasteiger partial charge in [0.25, 0.3) is 5.56 Å². The number of fused-ring (bicyclic) bond motifs is 1. The molecule has 0 aliphatic carbocycles. The number of rotatable bonds is 4. The van der Waals surface area contributed by atoms with Crippen molar-refractivity contribution in [3.63, 3.8) is 0 Å². The highest BCUT2D eigenvalue weighted by Crippen LogP contribution is 2.27. The number of likely N-dealkylation sites (tertiary alicyclic amines) is 1. The van der Waals surface area contributed by atoms with Crippen molar-refractivity contribution >= 4 is 32.6 Å². The van der Waals surface area contributed by atoms with Crippen molar-refractivity contribution in [3.05, 3.63) is 40.4 Å². The molecule has 1 aromatic carbocycles. The fraction of sp³-hybridized carbons (Fsp3) is 0.474. The summed E-state index contributed by atoms with van der Waals surface area (Å²) in [4.78, 5) is 47.5. The van der Waals surface area contributed by atoms with Crippen molar-refractivity contribution in [2.75, 3.05) is 25.1 Å². The lowest BCUT2D eigenvalue weighted by Gasteiger charge is -2.24. The maximum atomic E-state index is 12.8. The van der Waals surface area contributed by atoms with Crippen LogP contribution in [0.3, 0.4) is 0 Å². The van der Waals surface area contributed by atoms with Gasteiger partial charge in [-0.2, -0.15) is 0 Å². The number of amides is 2. The van der Waals surface area contributed by atoms with E-state index in [4.69, 9.17) is 0 Å². The molecule has 2 amide bonds. The predicted molar refractivity (Wildman–Crippen MR) is 106 cm³/mol. The van der Waals surface area contributed by atoms with E-state index in [0.29, 0.717) is 23.1 Å². The molecule has 10 heteroatoms. The fourth-order valence-corrected chi connectivity index (χ4v) is 5.83. The predicted octanol–water partition coefficient (Wildman–Crippen LogP) is -0.0829. The monoisotopic (exact) mass is 418 g/mol. The number of aromatic nitrogens is 2. The molecule has 2 fully saturated rings. The number of nitrogens with one attached hydrogen (secondary N) is 1. The highest BCUT2D eigenvalue weighted by Gasteiger charge is 2.42. The van der Waals surface area contributed by atoms with Gasteiger partial charge in [-0.25, -0.2) is 13.4 Å². The molecule has 0 unspecified atom stereocenters. The maximum Gasteiger partial charge on any atom is 0.258 e. The van der Waals surface area contributed by atoms with Crippen LogP contribution in [0.25, 0.3) is 10.9 Å². The second-order valence-electron chi connectivity index (χ2n) is 7.73. The van der Waals surface area contributed by atoms with E-state index in [1.54, 1.807) is 31.3 Å². The largest absolute Gasteiger partial charge is 0.338 e. The lowest BCUT2D eigenvalue weighted by Crippen LogP contribution is -2.39. The second kappa shape index (κ2) is 7.25. The lowest BCUT2D eigenvalue weighted by molar-refractivity contribution is -0.135. The Bertz CT molecular complexity index is 1140. The number of hydrogen-bond acceptors (Lipinski definition) is 6. The SMILES string of the molecule is CN(Cc1nc2ccccc2c(=O)[nH]1)C(=O)[C@H]1CC(=O)N([C@@H]2CCS(=O)(=O)C2)C1. The number of aromatic amines is 1. The molecule has 2 saturated heterocycles. The summed E-state index contributed by atoms with van der Waals surface area (Å²) in [6, 6.07) is 6.62. The van der Waals surface area contributed by atoms with Crippen LogP contribution in [-0.4, -0.2) is 71.1 Å². The normalized spacial score (nSPS) is 23.6. The third kappa shape index (κ3) is 3.89. The molecule has 0 bridgehead atoms. The Morgan fingerprint density at radius 3 is 2.79 bits per heavy atom. The number of H-pyrrole nitrogens is 1. The molecule has 2 atom stereocenters. The number of carbonyl (C=O) groups is 2. The number of carbonyl (C=O) groups excluding carboxylic acids is 2. The summed E-state index contributed by atoms with van der Waals surface area (Å²) in [5, 5.41) is 0.480. The summed E-state index contributed by atoms with van der Waals surface area (Å²) in [7, 11) is -1.50. The van der Waals surface area contributed by atoms with Crippen LogP contribution >= 0.6 is 0 Å². The Morgan fingerprint density at radius 1 is 1.31 bits per heavy atom. The third-order valence-corrected chi connectivity index (χ3v) is 7.33. The van der Waals surface area contributed by atoms with Crippen LogP contribution in [0.15, 0.2) is 29.1 Å². The molecule has 0 radical (unpaired) electrons. The molecule has 0 spiro atoms. The van der Waals surface area contributed by atoms with Crippen molar-refractivity contribution < 1.29 is 18.0 Å². The van der Waals surface area contributed by atoms with Gasteiger partial charge in [0, 0.05) is 26.1 Å². The molecule has 29 heavy (non-hydrogen) atoms. The zero-order valence-corrected chi connectivity index (χ0v) is 16.8. The van der Waals surface area contributed by atoms with Crippen molar-refractivity contribution in [1.82, 2.24) is 19.8 Å². The standard InChI is InChI=1S/C19H22N4O5S/c1-22(10-16-20-15-5-3-2-4-14(15)18(25)21-16)19(26)12-8-17(24)23(9-12)13-6-7-29(27,28)11-13/h2-5,12-13H,6-11H2,1H3,(H,20,21,25)/t12-,13+/m0/s1. The Balaban J connectivity index is 1.45. The van der Waals surface area contributed by atoms with Crippen molar-refractivity contribution in [1.29, 1.82) is 0 Å². The summed E-state index contributed by atoms with van der Waals surface area (Å²) in [5.74, 6) is -0.511. The average Bonchev–Trinajstić information content (AvgIpc) is 3.23. The van der Waals surface area contributed by atoms with Gasteiger partial charge in [0.1, 0.15) is 5.82 Å². The van der Waals surface area contributed by atoms with E-state index >= 15 is 0 Å². The van der Waals surface area contributed by atoms with E-state index in [-0.39, 0.29) is 54.4 Å². The molecule has 0 saturated carbocycles. The third-order valence-electron chi connectivity index (χ3n) is 5.58. The summed E-state index contributed by atoms with van der Waals surface area (Å²) in [6.07, 6.45) is 0.495. The minimum absolute atomic E-state index is 0.0300. The van der Waals surface area contributed by atoms with Gasteiger partial charge in [-0.15, -0.1) is 0 Å². The summed E-state index contributed by atoms with van der Waals surface area (Å²) in [5.41, 5.74) is 0.285. The molecular weight excluding hydrogens is 396 g/mol. The molecule has 9 nitrogen and oxygen atoms in total. The van der Waals surface area contributed by atoms with E-state index in [0.717, 1.165) is 0 Å². The molecule has 3 heterocycles. The molecule has 2 aromatic rings. The Labute approximate surface area is 167 Å². The highest BCUT2D eigenvalue weighted by atomic mass is 32.2. The first kappa shape index (κ1) is 19.6. The zero-order valence-electron chi connectivity index (χ0n) is 16.0. The highest BCUT2D eigenvalue weighted by molar-refractivity contribution is 7.91. The minimum atomic E-state index is -3.10. The van der Waals surface area contributed by atoms with E-state index in [1.807, 2.05) is 0 Å². The first-order valence-electron chi connectivity index (χ1n) is 9.46. The van der Waals surface area contributed by atoms with Crippen LogP contribution in [0.1, 0.15) is 18.7 Å². The number of nitrogens with zero attached hydrogens (tertiary/aromatic N) is 3. The van der Waals surface area contributed by atoms with Crippen LogP contribution in [-0.2, 0) is 26.0 Å². The van der Waals surface area contributed by atoms with Gasteiger partial charge < -0.3 is 14.8 Å². The van der Waals surface area contributed by atoms with Crippen molar-refractivity contribution in [2.24, 2.45) is 5.92 Å². The quantitative estimate of drug-likeness (QED) is 0.741. The molecule has 4 rings (SSSR count). The summed E-state index contributed by atoms with van der Waals surface area (Å²) in [6.45, 7) is 0.339. The van der Waals surface area contributed by atoms with E-state index in [9.17, 15) is 22.8 Å². The maximum absolute atomic E-state index is 12.8. The van der Waals surface area contributed by atoms with Gasteiger partial charge in [0.15, 0.2) is 9.84 Å². The summed E-state index contributed by atoms with van der Waals surface area (Å²) >= 11 is 0. The van der Waals surface area contributed by atoms with Gasteiger partial charge in [0.2, 0.25) is 11.8 Å². The van der Waals surface area contributed by atoms with Crippen LogP contribution in [0.2, 0.25) is 0 Å². The molecule has 154 valence electrons. The number of para-hydroxylation sites is 1. The van der Waals surface area contributed by atoms with Gasteiger partial charge in [-0.3, -0.25) is 14.4 Å². The molecule has 1 aromatic heterocycles. The molecule has 1 N–H and O–H groups in total. The molecule has 2 aliphatic rings. The van der Waals surface area contributed by atoms with E-state index < -0.39 is 15.8 Å². The van der Waals surface area contributed by atoms with E-state index in [2.05, 4.69) is 9.97 Å². The average molecular weight is 418 g/mol. The Morgan fingerprint density at radius 2 is 2.07 bits per heavy atom. The topological polar surface area (TPSA) is 121 Å². The summed E-state index contributed by atoms with van der Waals surface area (Å²) < 4.78 is 23.4. The minimum Gasteiger partial charge on any atom is -0.338 e. The Hall–Kier alpha value is -2.75. The first-order valence-corrected chi connectivity index (χ1v) is 11.3. The molecular formula is C19H22N4O5S. The Kier molecular flexibility index (Phi) is 4.89. The van der Waals surface area contributed by atoms with Gasteiger partial charge in [0.05, 0.1) is 34.9 Å². The smallest absolute Gasteiger partial charge is 0.258 e. The van der Waals surface area contributed by atoms with Crippen LogP contribution < -0.4 is 5.56 Å².